The van der Waals surface area contributed by atoms with Crippen molar-refractivity contribution in [1.82, 2.24) is 4.72 Å². The molecule has 1 unspecified atom stereocenters. The number of nitrogens with one attached hydrogen (secondary N) is 3. The number of amides is 2. The summed E-state index contributed by atoms with van der Waals surface area (Å²) in [5.74, 6) is -0.800. The fraction of sp³-hybridized carbons (Fsp3) is 0.333. The number of halogens is 1. The van der Waals surface area contributed by atoms with E-state index in [1.165, 1.54) is 24.3 Å². The number of fused-ring (bicyclic) bond motifs is 1. The van der Waals surface area contributed by atoms with Crippen molar-refractivity contribution < 1.29 is 27.9 Å². The predicted octanol–water partition coefficient (Wildman–Crippen LogP) is 2.75. The fourth-order valence-electron chi connectivity index (χ4n) is 3.61. The van der Waals surface area contributed by atoms with Crippen LogP contribution in [-0.2, 0) is 26.0 Å². The minimum absolute atomic E-state index is 0.153. The monoisotopic (exact) mass is 481 g/mol. The molecule has 2 atom stereocenters. The van der Waals surface area contributed by atoms with Gasteiger partial charge in [0.15, 0.2) is 0 Å². The van der Waals surface area contributed by atoms with Crippen molar-refractivity contribution in [2.24, 2.45) is 5.92 Å². The Morgan fingerprint density at radius 3 is 2.62 bits per heavy atom. The quantitative estimate of drug-likeness (QED) is 0.477. The lowest BCUT2D eigenvalue weighted by Crippen LogP contribution is -2.40. The van der Waals surface area contributed by atoms with E-state index in [9.17, 15) is 23.1 Å². The highest BCUT2D eigenvalue weighted by atomic mass is 35.5. The number of carbonyl (C=O) groups excluding carboxylic acids is 2. The number of ether oxygens (including phenoxy) is 1. The molecule has 0 spiro atoms. The first-order chi connectivity index (χ1) is 15.2. The lowest BCUT2D eigenvalue weighted by Gasteiger charge is -2.32. The van der Waals surface area contributed by atoms with Gasteiger partial charge in [-0.3, -0.25) is 4.79 Å². The molecule has 0 aromatic heterocycles. The molecule has 1 aliphatic heterocycles. The fourth-order valence-corrected chi connectivity index (χ4v) is 4.72. The largest absolute Gasteiger partial charge is 0.452 e. The van der Waals surface area contributed by atoms with E-state index in [-0.39, 0.29) is 29.9 Å². The molecule has 172 valence electrons. The highest BCUT2D eigenvalue weighted by Gasteiger charge is 2.31. The standard InChI is InChI=1S/C21H24ClN3O6S/c1-31-21(28)25-32(29,30)16-6-4-15(5-7-16)23-20(27)17(10-11-26)19-8-2-13-12-14(22)3-9-18(13)24-19/h3-7,9,12,17,19,24,26H,2,8,10-11H2,1H3,(H,23,27)(H,25,28)/t17?,19-/m0/s1. The maximum Gasteiger partial charge on any atom is 0.420 e. The van der Waals surface area contributed by atoms with Gasteiger partial charge in [0.1, 0.15) is 0 Å². The van der Waals surface area contributed by atoms with Crippen molar-refractivity contribution in [3.05, 3.63) is 53.1 Å². The number of aliphatic hydroxyl groups is 1. The summed E-state index contributed by atoms with van der Waals surface area (Å²) in [6, 6.07) is 10.7. The molecule has 1 aliphatic rings. The van der Waals surface area contributed by atoms with E-state index in [1.807, 2.05) is 12.1 Å². The lowest BCUT2D eigenvalue weighted by molar-refractivity contribution is -0.120. The summed E-state index contributed by atoms with van der Waals surface area (Å²) in [6.45, 7) is -0.153. The van der Waals surface area contributed by atoms with Gasteiger partial charge in [0.25, 0.3) is 10.0 Å². The van der Waals surface area contributed by atoms with E-state index in [2.05, 4.69) is 15.4 Å². The first-order valence-corrected chi connectivity index (χ1v) is 11.8. The lowest BCUT2D eigenvalue weighted by atomic mass is 9.87. The minimum atomic E-state index is -4.08. The highest BCUT2D eigenvalue weighted by molar-refractivity contribution is 7.90. The van der Waals surface area contributed by atoms with Crippen molar-refractivity contribution in [1.29, 1.82) is 0 Å². The van der Waals surface area contributed by atoms with Gasteiger partial charge in [-0.05, 0) is 67.3 Å². The van der Waals surface area contributed by atoms with Crippen molar-refractivity contribution >= 4 is 45.0 Å². The van der Waals surface area contributed by atoms with Crippen LogP contribution >= 0.6 is 11.6 Å². The third-order valence-electron chi connectivity index (χ3n) is 5.23. The number of rotatable bonds is 7. The van der Waals surface area contributed by atoms with E-state index in [1.54, 1.807) is 10.8 Å². The summed E-state index contributed by atoms with van der Waals surface area (Å²) in [7, 11) is -3.02. The zero-order valence-corrected chi connectivity index (χ0v) is 18.9. The molecule has 32 heavy (non-hydrogen) atoms. The number of anilines is 2. The number of hydrogen-bond donors (Lipinski definition) is 4. The van der Waals surface area contributed by atoms with E-state index in [0.717, 1.165) is 24.8 Å². The van der Waals surface area contributed by atoms with Crippen LogP contribution < -0.4 is 15.4 Å². The van der Waals surface area contributed by atoms with E-state index in [4.69, 9.17) is 11.6 Å². The van der Waals surface area contributed by atoms with Crippen LogP contribution in [0, 0.1) is 5.92 Å². The second kappa shape index (κ2) is 10.2. The summed E-state index contributed by atoms with van der Waals surface area (Å²) < 4.78 is 30.3. The molecule has 0 saturated heterocycles. The zero-order valence-electron chi connectivity index (χ0n) is 17.3. The van der Waals surface area contributed by atoms with Gasteiger partial charge in [0.05, 0.1) is 17.9 Å². The molecule has 4 N–H and O–H groups in total. The summed E-state index contributed by atoms with van der Waals surface area (Å²) in [4.78, 5) is 24.0. The van der Waals surface area contributed by atoms with Gasteiger partial charge in [-0.1, -0.05) is 11.6 Å². The average molecular weight is 482 g/mol. The molecule has 2 aromatic rings. The second-order valence-electron chi connectivity index (χ2n) is 7.32. The predicted molar refractivity (Wildman–Crippen MR) is 120 cm³/mol. The van der Waals surface area contributed by atoms with Crippen molar-refractivity contribution in [3.8, 4) is 0 Å². The van der Waals surface area contributed by atoms with Crippen molar-refractivity contribution in [2.45, 2.75) is 30.2 Å². The van der Waals surface area contributed by atoms with Gasteiger partial charge >= 0.3 is 6.09 Å². The van der Waals surface area contributed by atoms with Gasteiger partial charge in [-0.25, -0.2) is 17.9 Å². The maximum atomic E-state index is 13.0. The molecule has 0 saturated carbocycles. The van der Waals surface area contributed by atoms with Gasteiger partial charge in [0, 0.05) is 29.0 Å². The first kappa shape index (κ1) is 23.8. The Bertz CT molecular complexity index is 1090. The summed E-state index contributed by atoms with van der Waals surface area (Å²) in [6.07, 6.45) is 0.616. The minimum Gasteiger partial charge on any atom is -0.452 e. The molecule has 11 heteroatoms. The van der Waals surface area contributed by atoms with Crippen LogP contribution in [0.5, 0.6) is 0 Å². The molecule has 1 heterocycles. The molecule has 0 radical (unpaired) electrons. The molecule has 2 aromatic carbocycles. The van der Waals surface area contributed by atoms with E-state index in [0.29, 0.717) is 17.1 Å². The summed E-state index contributed by atoms with van der Waals surface area (Å²) in [5.41, 5.74) is 2.38. The average Bonchev–Trinajstić information content (AvgIpc) is 2.77. The third-order valence-corrected chi connectivity index (χ3v) is 6.79. The topological polar surface area (TPSA) is 134 Å². The van der Waals surface area contributed by atoms with Gasteiger partial charge in [-0.15, -0.1) is 0 Å². The number of methoxy groups -OCH3 is 1. The molecule has 2 amide bonds. The molecule has 0 aliphatic carbocycles. The number of benzene rings is 2. The van der Waals surface area contributed by atoms with E-state index < -0.39 is 22.0 Å². The number of hydrogen-bond acceptors (Lipinski definition) is 7. The molecular weight excluding hydrogens is 458 g/mol. The number of sulfonamides is 1. The van der Waals surface area contributed by atoms with E-state index >= 15 is 0 Å². The van der Waals surface area contributed by atoms with Crippen LogP contribution in [0.2, 0.25) is 5.02 Å². The van der Waals surface area contributed by atoms with Crippen LogP contribution in [0.25, 0.3) is 0 Å². The van der Waals surface area contributed by atoms with Crippen LogP contribution in [-0.4, -0.2) is 45.3 Å². The van der Waals surface area contributed by atoms with Gasteiger partial charge in [-0.2, -0.15) is 0 Å². The zero-order chi connectivity index (χ0) is 23.3. The Morgan fingerprint density at radius 2 is 1.97 bits per heavy atom. The normalized spacial score (nSPS) is 16.3. The van der Waals surface area contributed by atoms with Crippen molar-refractivity contribution in [2.75, 3.05) is 24.4 Å². The molecule has 9 nitrogen and oxygen atoms in total. The Hall–Kier alpha value is -2.82. The summed E-state index contributed by atoms with van der Waals surface area (Å²) >= 11 is 6.05. The second-order valence-corrected chi connectivity index (χ2v) is 9.44. The van der Waals surface area contributed by atoms with Crippen LogP contribution in [0.4, 0.5) is 16.2 Å². The summed E-state index contributed by atoms with van der Waals surface area (Å²) in [5, 5.41) is 16.3. The van der Waals surface area contributed by atoms with Gasteiger partial charge in [0.2, 0.25) is 5.91 Å². The van der Waals surface area contributed by atoms with Crippen LogP contribution in [0.1, 0.15) is 18.4 Å². The number of aliphatic hydroxyl groups excluding tert-OH is 1. The Kier molecular flexibility index (Phi) is 7.60. The Labute approximate surface area is 191 Å². The Morgan fingerprint density at radius 1 is 1.25 bits per heavy atom. The molecule has 3 rings (SSSR count). The molecule has 0 bridgehead atoms. The van der Waals surface area contributed by atoms with Crippen LogP contribution in [0.15, 0.2) is 47.4 Å². The highest BCUT2D eigenvalue weighted by Crippen LogP contribution is 2.31. The number of carbonyl (C=O) groups is 2. The van der Waals surface area contributed by atoms with Crippen LogP contribution in [0.3, 0.4) is 0 Å². The van der Waals surface area contributed by atoms with Crippen molar-refractivity contribution in [3.63, 3.8) is 0 Å². The first-order valence-electron chi connectivity index (χ1n) is 9.91. The molecular formula is C21H24ClN3O6S. The molecule has 0 fully saturated rings. The smallest absolute Gasteiger partial charge is 0.420 e. The number of aryl methyl sites for hydroxylation is 1. The SMILES string of the molecule is COC(=O)NS(=O)(=O)c1ccc(NC(=O)C(CCO)[C@@H]2CCc3cc(Cl)ccc3N2)cc1. The maximum absolute atomic E-state index is 13.0. The third kappa shape index (κ3) is 5.70. The van der Waals surface area contributed by atoms with Gasteiger partial charge < -0.3 is 20.5 Å². The Balaban J connectivity index is 1.70.